The van der Waals surface area contributed by atoms with Crippen LogP contribution in [0.1, 0.15) is 78.6 Å². The van der Waals surface area contributed by atoms with Crippen molar-refractivity contribution in [3.63, 3.8) is 0 Å². The highest BCUT2D eigenvalue weighted by Crippen LogP contribution is 2.67. The number of ether oxygens (including phenoxy) is 1. The molecule has 0 radical (unpaired) electrons. The predicted octanol–water partition coefficient (Wildman–Crippen LogP) is 5.91. The quantitative estimate of drug-likeness (QED) is 0.600. The van der Waals surface area contributed by atoms with Crippen LogP contribution < -0.4 is 0 Å². The molecular formula is C26H40O2. The van der Waals surface area contributed by atoms with Crippen LogP contribution in [0.5, 0.6) is 0 Å². The summed E-state index contributed by atoms with van der Waals surface area (Å²) in [5.41, 5.74) is 4.11. The molecule has 0 amide bonds. The van der Waals surface area contributed by atoms with Crippen LogP contribution in [0.15, 0.2) is 23.3 Å². The Kier molecular flexibility index (Phi) is 4.83. The summed E-state index contributed by atoms with van der Waals surface area (Å²) in [5, 5.41) is 10.3. The molecule has 0 aromatic rings. The van der Waals surface area contributed by atoms with Crippen LogP contribution in [0.25, 0.3) is 0 Å². The maximum atomic E-state index is 10.3. The number of fused-ring (bicyclic) bond motifs is 5. The molecule has 4 aliphatic carbocycles. The molecule has 8 atom stereocenters. The van der Waals surface area contributed by atoms with Crippen molar-refractivity contribution in [2.75, 3.05) is 13.2 Å². The lowest BCUT2D eigenvalue weighted by molar-refractivity contribution is -0.0565. The Bertz CT molecular complexity index is 672. The Balaban J connectivity index is 1.48. The SMILES string of the molecule is CC[C@H]1C=C2C[C@H](O)CC[C@]2(C)[C@H]2CC[C@]3(C)C(C4CCCOC4)=CC[C@H]3[C@H]12. The van der Waals surface area contributed by atoms with Crippen molar-refractivity contribution in [1.82, 2.24) is 0 Å². The van der Waals surface area contributed by atoms with E-state index in [1.165, 1.54) is 44.9 Å². The summed E-state index contributed by atoms with van der Waals surface area (Å²) in [6.45, 7) is 9.48. The van der Waals surface area contributed by atoms with Gasteiger partial charge in [-0.25, -0.2) is 0 Å². The molecule has 0 spiro atoms. The fourth-order valence-electron chi connectivity index (χ4n) is 8.42. The summed E-state index contributed by atoms with van der Waals surface area (Å²) < 4.78 is 5.89. The smallest absolute Gasteiger partial charge is 0.0577 e. The van der Waals surface area contributed by atoms with Crippen molar-refractivity contribution in [2.24, 2.45) is 40.4 Å². The minimum atomic E-state index is -0.103. The third kappa shape index (κ3) is 2.73. The van der Waals surface area contributed by atoms with Gasteiger partial charge in [0.2, 0.25) is 0 Å². The van der Waals surface area contributed by atoms with Gasteiger partial charge in [0, 0.05) is 12.5 Å². The van der Waals surface area contributed by atoms with Crippen molar-refractivity contribution in [3.8, 4) is 0 Å². The van der Waals surface area contributed by atoms with Gasteiger partial charge in [-0.2, -0.15) is 0 Å². The van der Waals surface area contributed by atoms with Gasteiger partial charge in [0.25, 0.3) is 0 Å². The number of allylic oxidation sites excluding steroid dienone is 2. The minimum Gasteiger partial charge on any atom is -0.393 e. The third-order valence-corrected chi connectivity index (χ3v) is 9.96. The first kappa shape index (κ1) is 19.4. The fraction of sp³-hybridized carbons (Fsp3) is 0.846. The van der Waals surface area contributed by atoms with E-state index in [9.17, 15) is 5.11 Å². The second-order valence-corrected chi connectivity index (χ2v) is 11.1. The molecule has 1 N–H and O–H groups in total. The van der Waals surface area contributed by atoms with Crippen molar-refractivity contribution < 1.29 is 9.84 Å². The molecular weight excluding hydrogens is 344 g/mol. The van der Waals surface area contributed by atoms with Gasteiger partial charge in [-0.15, -0.1) is 0 Å². The van der Waals surface area contributed by atoms with E-state index >= 15 is 0 Å². The molecule has 2 nitrogen and oxygen atoms in total. The molecule has 3 fully saturated rings. The Morgan fingerprint density at radius 2 is 1.93 bits per heavy atom. The molecule has 1 aliphatic heterocycles. The molecule has 5 aliphatic rings. The summed E-state index contributed by atoms with van der Waals surface area (Å²) in [6, 6.07) is 0. The Hall–Kier alpha value is -0.600. The first-order valence-electron chi connectivity index (χ1n) is 12.1. The van der Waals surface area contributed by atoms with Crippen molar-refractivity contribution in [2.45, 2.75) is 84.7 Å². The van der Waals surface area contributed by atoms with E-state index in [2.05, 4.69) is 32.9 Å². The number of aliphatic hydroxyl groups excluding tert-OH is 1. The Labute approximate surface area is 171 Å². The molecule has 28 heavy (non-hydrogen) atoms. The lowest BCUT2D eigenvalue weighted by Crippen LogP contribution is -2.53. The van der Waals surface area contributed by atoms with Crippen LogP contribution in [0, 0.1) is 40.4 Å². The summed E-state index contributed by atoms with van der Waals surface area (Å²) in [4.78, 5) is 0. The zero-order valence-electron chi connectivity index (χ0n) is 18.3. The highest BCUT2D eigenvalue weighted by Gasteiger charge is 2.59. The lowest BCUT2D eigenvalue weighted by atomic mass is 9.45. The van der Waals surface area contributed by atoms with Gasteiger partial charge < -0.3 is 9.84 Å². The molecule has 2 saturated carbocycles. The predicted molar refractivity (Wildman–Crippen MR) is 114 cm³/mol. The summed E-state index contributed by atoms with van der Waals surface area (Å²) in [5.74, 6) is 3.84. The van der Waals surface area contributed by atoms with Gasteiger partial charge >= 0.3 is 0 Å². The van der Waals surface area contributed by atoms with Crippen molar-refractivity contribution in [3.05, 3.63) is 23.3 Å². The maximum absolute atomic E-state index is 10.3. The molecule has 0 aromatic heterocycles. The van der Waals surface area contributed by atoms with E-state index in [0.29, 0.717) is 22.7 Å². The van der Waals surface area contributed by atoms with E-state index in [4.69, 9.17) is 4.74 Å². The van der Waals surface area contributed by atoms with Gasteiger partial charge in [0.15, 0.2) is 0 Å². The average molecular weight is 385 g/mol. The monoisotopic (exact) mass is 384 g/mol. The largest absolute Gasteiger partial charge is 0.393 e. The molecule has 1 heterocycles. The normalized spacial score (nSPS) is 50.9. The van der Waals surface area contributed by atoms with E-state index in [-0.39, 0.29) is 6.10 Å². The highest BCUT2D eigenvalue weighted by atomic mass is 16.5. The zero-order valence-corrected chi connectivity index (χ0v) is 18.3. The van der Waals surface area contributed by atoms with Crippen LogP contribution in [0.4, 0.5) is 0 Å². The molecule has 156 valence electrons. The highest BCUT2D eigenvalue weighted by molar-refractivity contribution is 5.32. The van der Waals surface area contributed by atoms with Crippen LogP contribution in [0.3, 0.4) is 0 Å². The van der Waals surface area contributed by atoms with E-state index < -0.39 is 0 Å². The van der Waals surface area contributed by atoms with Crippen molar-refractivity contribution >= 4 is 0 Å². The maximum Gasteiger partial charge on any atom is 0.0577 e. The molecule has 1 unspecified atom stereocenters. The fourth-order valence-corrected chi connectivity index (χ4v) is 8.42. The summed E-state index contributed by atoms with van der Waals surface area (Å²) >= 11 is 0. The number of rotatable bonds is 2. The van der Waals surface area contributed by atoms with E-state index in [1.54, 1.807) is 11.1 Å². The number of hydrogen-bond donors (Lipinski definition) is 1. The van der Waals surface area contributed by atoms with Gasteiger partial charge in [-0.05, 0) is 92.3 Å². The minimum absolute atomic E-state index is 0.103. The number of aliphatic hydroxyl groups is 1. The Morgan fingerprint density at radius 1 is 1.11 bits per heavy atom. The topological polar surface area (TPSA) is 29.5 Å². The Morgan fingerprint density at radius 3 is 2.68 bits per heavy atom. The zero-order chi connectivity index (χ0) is 19.5. The van der Waals surface area contributed by atoms with Crippen LogP contribution in [-0.2, 0) is 4.74 Å². The third-order valence-electron chi connectivity index (χ3n) is 9.96. The van der Waals surface area contributed by atoms with Gasteiger partial charge in [0.1, 0.15) is 0 Å². The van der Waals surface area contributed by atoms with Crippen LogP contribution in [-0.4, -0.2) is 24.4 Å². The van der Waals surface area contributed by atoms with Gasteiger partial charge in [-0.1, -0.05) is 44.1 Å². The first-order chi connectivity index (χ1) is 13.5. The van der Waals surface area contributed by atoms with E-state index in [1.807, 2.05) is 0 Å². The molecule has 2 heteroatoms. The number of hydrogen-bond acceptors (Lipinski definition) is 2. The van der Waals surface area contributed by atoms with Crippen LogP contribution in [0.2, 0.25) is 0 Å². The standard InChI is InChI=1S/C26H40O2/c1-4-17-14-19-15-20(27)9-11-25(19,2)23-10-12-26(3)21(7-8-22(26)24(17)23)18-6-5-13-28-16-18/h7,14,17-18,20,22-24,27H,4-6,8-13,15-16H2,1-3H3/t17-,18?,20+,22-,23-,24-,25-,26+/m0/s1. The second kappa shape index (κ2) is 6.98. The van der Waals surface area contributed by atoms with E-state index in [0.717, 1.165) is 43.8 Å². The average Bonchev–Trinajstić information content (AvgIpc) is 3.06. The van der Waals surface area contributed by atoms with Gasteiger partial charge in [-0.3, -0.25) is 0 Å². The van der Waals surface area contributed by atoms with Gasteiger partial charge in [0.05, 0.1) is 12.7 Å². The summed E-state index contributed by atoms with van der Waals surface area (Å²) in [6.07, 6.45) is 16.2. The molecule has 0 bridgehead atoms. The first-order valence-corrected chi connectivity index (χ1v) is 12.1. The van der Waals surface area contributed by atoms with Crippen LogP contribution >= 0.6 is 0 Å². The van der Waals surface area contributed by atoms with Crippen molar-refractivity contribution in [1.29, 1.82) is 0 Å². The summed E-state index contributed by atoms with van der Waals surface area (Å²) in [7, 11) is 0. The molecule has 0 aromatic carbocycles. The molecule has 1 saturated heterocycles. The lowest BCUT2D eigenvalue weighted by Gasteiger charge is -2.60. The second-order valence-electron chi connectivity index (χ2n) is 11.1. The molecule has 5 rings (SSSR count).